The Labute approximate surface area is 140 Å². The number of carbonyl (C=O) groups is 1. The molecular formula is C18H20BrNO2. The van der Waals surface area contributed by atoms with E-state index in [1.54, 1.807) is 4.90 Å². The molecule has 116 valence electrons. The molecule has 3 nitrogen and oxygen atoms in total. The first-order chi connectivity index (χ1) is 10.4. The van der Waals surface area contributed by atoms with Crippen LogP contribution in [0.15, 0.2) is 64.8 Å². The molecule has 0 radical (unpaired) electrons. The van der Waals surface area contributed by atoms with Crippen molar-refractivity contribution in [1.82, 2.24) is 0 Å². The van der Waals surface area contributed by atoms with Crippen molar-refractivity contribution in [1.29, 1.82) is 0 Å². The van der Waals surface area contributed by atoms with Crippen LogP contribution >= 0.6 is 15.9 Å². The lowest BCUT2D eigenvalue weighted by Gasteiger charge is -2.28. The van der Waals surface area contributed by atoms with Gasteiger partial charge in [0.2, 0.25) is 0 Å². The molecule has 0 aromatic heterocycles. The van der Waals surface area contributed by atoms with Gasteiger partial charge in [-0.3, -0.25) is 0 Å². The van der Waals surface area contributed by atoms with Crippen molar-refractivity contribution in [3.63, 3.8) is 0 Å². The van der Waals surface area contributed by atoms with E-state index in [-0.39, 0.29) is 0 Å². The van der Waals surface area contributed by atoms with E-state index in [0.717, 1.165) is 22.3 Å². The predicted octanol–water partition coefficient (Wildman–Crippen LogP) is 5.55. The van der Waals surface area contributed by atoms with Crippen LogP contribution in [0.4, 0.5) is 10.5 Å². The maximum Gasteiger partial charge on any atom is 0.419 e. The summed E-state index contributed by atoms with van der Waals surface area (Å²) in [5.74, 6) is 0. The summed E-state index contributed by atoms with van der Waals surface area (Å²) in [6.07, 6.45) is 8.17. The normalized spacial score (nSPS) is 14.7. The van der Waals surface area contributed by atoms with E-state index in [4.69, 9.17) is 4.74 Å². The number of carbonyl (C=O) groups excluding carboxylic acids is 1. The first-order valence-corrected chi connectivity index (χ1v) is 7.98. The van der Waals surface area contributed by atoms with E-state index < -0.39 is 11.7 Å². The summed E-state index contributed by atoms with van der Waals surface area (Å²) in [4.78, 5) is 14.3. The third kappa shape index (κ3) is 4.34. The van der Waals surface area contributed by atoms with Gasteiger partial charge in [0.15, 0.2) is 0 Å². The van der Waals surface area contributed by atoms with Crippen LogP contribution in [0.5, 0.6) is 0 Å². The van der Waals surface area contributed by atoms with Gasteiger partial charge in [0, 0.05) is 4.48 Å². The van der Waals surface area contributed by atoms with Gasteiger partial charge < -0.3 is 4.74 Å². The lowest BCUT2D eigenvalue weighted by Crippen LogP contribution is -2.36. The van der Waals surface area contributed by atoms with Crippen LogP contribution < -0.4 is 4.90 Å². The zero-order valence-electron chi connectivity index (χ0n) is 13.0. The van der Waals surface area contributed by atoms with Crippen molar-refractivity contribution in [3.8, 4) is 0 Å². The first-order valence-electron chi connectivity index (χ1n) is 7.18. The molecule has 1 aliphatic carbocycles. The molecule has 0 fully saturated rings. The highest BCUT2D eigenvalue weighted by molar-refractivity contribution is 9.11. The second-order valence-electron chi connectivity index (χ2n) is 5.93. The molecule has 0 unspecified atom stereocenters. The van der Waals surface area contributed by atoms with Gasteiger partial charge in [-0.2, -0.15) is 0 Å². The third-order valence-corrected chi connectivity index (χ3v) is 3.64. The van der Waals surface area contributed by atoms with E-state index in [2.05, 4.69) is 15.9 Å². The third-order valence-electron chi connectivity index (χ3n) is 2.91. The van der Waals surface area contributed by atoms with Crippen LogP contribution in [0.3, 0.4) is 0 Å². The van der Waals surface area contributed by atoms with Crippen molar-refractivity contribution in [3.05, 3.63) is 64.8 Å². The van der Waals surface area contributed by atoms with Gasteiger partial charge in [-0.25, -0.2) is 9.69 Å². The Morgan fingerprint density at radius 2 is 1.86 bits per heavy atom. The summed E-state index contributed by atoms with van der Waals surface area (Å²) >= 11 is 3.58. The standard InChI is InChI=1S/C18H20BrNO2/c1-18(2,3)22-17(21)20(14-10-6-4-7-11-14)16-13-9-5-8-12-15(16)19/h4-11,13H,12H2,1-3H3. The minimum atomic E-state index is -0.552. The number of anilines is 1. The molecule has 4 heteroatoms. The van der Waals surface area contributed by atoms with Gasteiger partial charge >= 0.3 is 6.09 Å². The highest BCUT2D eigenvalue weighted by Gasteiger charge is 2.26. The molecule has 0 saturated carbocycles. The number of para-hydroxylation sites is 1. The maximum absolute atomic E-state index is 12.7. The summed E-state index contributed by atoms with van der Waals surface area (Å²) in [6.45, 7) is 5.59. The topological polar surface area (TPSA) is 29.5 Å². The molecule has 1 aromatic rings. The fourth-order valence-corrected chi connectivity index (χ4v) is 2.51. The molecule has 0 N–H and O–H groups in total. The molecule has 1 aliphatic rings. The van der Waals surface area contributed by atoms with E-state index in [1.807, 2.05) is 75.4 Å². The minimum absolute atomic E-state index is 0.391. The molecule has 2 rings (SSSR count). The number of allylic oxidation sites excluding steroid dienone is 5. The van der Waals surface area contributed by atoms with Crippen LogP contribution in [0.1, 0.15) is 27.2 Å². The highest BCUT2D eigenvalue weighted by Crippen LogP contribution is 2.29. The number of hydrogen-bond acceptors (Lipinski definition) is 2. The summed E-state index contributed by atoms with van der Waals surface area (Å²) in [7, 11) is 0. The minimum Gasteiger partial charge on any atom is -0.443 e. The number of ether oxygens (including phenoxy) is 1. The number of nitrogens with zero attached hydrogens (tertiary/aromatic N) is 1. The Hall–Kier alpha value is -1.81. The number of benzene rings is 1. The SMILES string of the molecule is CC(C)(C)OC(=O)N(C1=C(Br)CC=CC=C1)c1ccccc1. The van der Waals surface area contributed by atoms with E-state index in [0.29, 0.717) is 0 Å². The fourth-order valence-electron chi connectivity index (χ4n) is 2.02. The summed E-state index contributed by atoms with van der Waals surface area (Å²) in [5.41, 5.74) is 1.00. The fraction of sp³-hybridized carbons (Fsp3) is 0.278. The molecule has 1 aromatic carbocycles. The first kappa shape index (κ1) is 16.6. The lowest BCUT2D eigenvalue weighted by atomic mass is 10.2. The van der Waals surface area contributed by atoms with Crippen LogP contribution in [0.2, 0.25) is 0 Å². The van der Waals surface area contributed by atoms with Crippen molar-refractivity contribution >= 4 is 27.7 Å². The van der Waals surface area contributed by atoms with Crippen LogP contribution in [-0.4, -0.2) is 11.7 Å². The Kier molecular flexibility index (Phi) is 5.24. The van der Waals surface area contributed by atoms with Gasteiger partial charge in [-0.15, -0.1) is 0 Å². The highest BCUT2D eigenvalue weighted by atomic mass is 79.9. The Morgan fingerprint density at radius 1 is 1.18 bits per heavy atom. The molecule has 0 atom stereocenters. The molecule has 0 heterocycles. The van der Waals surface area contributed by atoms with Crippen molar-refractivity contribution in [2.24, 2.45) is 0 Å². The molecule has 22 heavy (non-hydrogen) atoms. The van der Waals surface area contributed by atoms with Crippen molar-refractivity contribution in [2.45, 2.75) is 32.8 Å². The summed E-state index contributed by atoms with van der Waals surface area (Å²) in [5, 5.41) is 0. The number of amides is 1. The van der Waals surface area contributed by atoms with Gasteiger partial charge in [0.25, 0.3) is 0 Å². The van der Waals surface area contributed by atoms with Crippen LogP contribution in [0.25, 0.3) is 0 Å². The Bertz CT molecular complexity index is 624. The second kappa shape index (κ2) is 6.97. The van der Waals surface area contributed by atoms with E-state index >= 15 is 0 Å². The quantitative estimate of drug-likeness (QED) is 0.690. The number of rotatable bonds is 2. The molecule has 1 amide bonds. The summed E-state index contributed by atoms with van der Waals surface area (Å²) in [6, 6.07) is 9.51. The maximum atomic E-state index is 12.7. The molecule has 0 spiro atoms. The van der Waals surface area contributed by atoms with Gasteiger partial charge in [-0.05, 0) is 45.4 Å². The molecule has 0 bridgehead atoms. The van der Waals surface area contributed by atoms with Gasteiger partial charge in [0.05, 0.1) is 11.4 Å². The molecule has 0 aliphatic heterocycles. The second-order valence-corrected chi connectivity index (χ2v) is 6.89. The Morgan fingerprint density at radius 3 is 2.50 bits per heavy atom. The number of halogens is 1. The molecule has 0 saturated heterocycles. The monoisotopic (exact) mass is 361 g/mol. The van der Waals surface area contributed by atoms with Crippen molar-refractivity contribution < 1.29 is 9.53 Å². The zero-order chi connectivity index (χ0) is 16.2. The average Bonchev–Trinajstić information content (AvgIpc) is 2.64. The lowest BCUT2D eigenvalue weighted by molar-refractivity contribution is 0.0593. The van der Waals surface area contributed by atoms with Crippen LogP contribution in [0, 0.1) is 0 Å². The Balaban J connectivity index is 2.45. The van der Waals surface area contributed by atoms with Gasteiger partial charge in [0.1, 0.15) is 5.60 Å². The zero-order valence-corrected chi connectivity index (χ0v) is 14.6. The predicted molar refractivity (Wildman–Crippen MR) is 94.0 cm³/mol. The largest absolute Gasteiger partial charge is 0.443 e. The van der Waals surface area contributed by atoms with E-state index in [1.165, 1.54) is 0 Å². The van der Waals surface area contributed by atoms with Gasteiger partial charge in [-0.1, -0.05) is 52.4 Å². The van der Waals surface area contributed by atoms with Crippen LogP contribution in [-0.2, 0) is 4.74 Å². The van der Waals surface area contributed by atoms with E-state index in [9.17, 15) is 4.79 Å². The smallest absolute Gasteiger partial charge is 0.419 e. The number of hydrogen-bond donors (Lipinski definition) is 0. The molecular weight excluding hydrogens is 342 g/mol. The van der Waals surface area contributed by atoms with Crippen molar-refractivity contribution in [2.75, 3.05) is 4.90 Å². The summed E-state index contributed by atoms with van der Waals surface area (Å²) < 4.78 is 6.51. The average molecular weight is 362 g/mol.